The number of rotatable bonds is 10. The van der Waals surface area contributed by atoms with Crippen LogP contribution >= 0.6 is 0 Å². The van der Waals surface area contributed by atoms with Crippen molar-refractivity contribution in [3.63, 3.8) is 0 Å². The summed E-state index contributed by atoms with van der Waals surface area (Å²) in [4.78, 5) is 61.1. The van der Waals surface area contributed by atoms with Crippen LogP contribution in [0.3, 0.4) is 0 Å². The van der Waals surface area contributed by atoms with Crippen molar-refractivity contribution in [2.45, 2.75) is 97.7 Å². The molecular formula is C43H57N7O4. The van der Waals surface area contributed by atoms with Crippen LogP contribution in [0.4, 0.5) is 5.69 Å². The molecule has 2 aliphatic carbocycles. The van der Waals surface area contributed by atoms with E-state index in [1.54, 1.807) is 11.6 Å². The number of aromatic nitrogens is 3. The summed E-state index contributed by atoms with van der Waals surface area (Å²) < 4.78 is 3.73. The topological polar surface area (TPSA) is 124 Å². The Hall–Kier alpha value is -4.64. The first-order valence-electron chi connectivity index (χ1n) is 19.9. The maximum atomic E-state index is 14.2. The third-order valence-electron chi connectivity index (χ3n) is 13.1. The van der Waals surface area contributed by atoms with E-state index in [0.717, 1.165) is 116 Å². The van der Waals surface area contributed by atoms with Gasteiger partial charge in [-0.3, -0.25) is 23.5 Å². The lowest BCUT2D eigenvalue weighted by molar-refractivity contribution is -0.128. The number of aryl methyl sites for hydroxylation is 3. The molecular weight excluding hydrogens is 679 g/mol. The summed E-state index contributed by atoms with van der Waals surface area (Å²) in [6, 6.07) is 12.7. The largest absolute Gasteiger partial charge is 0.369 e. The van der Waals surface area contributed by atoms with E-state index in [0.29, 0.717) is 17.0 Å². The van der Waals surface area contributed by atoms with E-state index in [1.807, 2.05) is 44.5 Å². The molecule has 1 saturated heterocycles. The highest BCUT2D eigenvalue weighted by atomic mass is 16.2. The van der Waals surface area contributed by atoms with Crippen molar-refractivity contribution in [3.8, 4) is 11.1 Å². The number of amides is 2. The molecule has 11 heteroatoms. The summed E-state index contributed by atoms with van der Waals surface area (Å²) in [6.07, 6.45) is 7.80. The third kappa shape index (κ3) is 6.80. The Morgan fingerprint density at radius 2 is 1.61 bits per heavy atom. The number of likely N-dealkylation sites (tertiary alicyclic amines) is 1. The zero-order chi connectivity index (χ0) is 38.5. The molecule has 2 aromatic carbocycles. The number of hydrogen-bond acceptors (Lipinski definition) is 6. The van der Waals surface area contributed by atoms with Gasteiger partial charge in [0.25, 0.3) is 11.5 Å². The number of fused-ring (bicyclic) bond motifs is 1. The van der Waals surface area contributed by atoms with Gasteiger partial charge in [0, 0.05) is 61.8 Å². The molecule has 54 heavy (non-hydrogen) atoms. The van der Waals surface area contributed by atoms with Gasteiger partial charge in [0.1, 0.15) is 0 Å². The Bertz CT molecular complexity index is 2190. The number of aromatic amines is 1. The van der Waals surface area contributed by atoms with Gasteiger partial charge in [-0.15, -0.1) is 0 Å². The number of nitrogens with zero attached hydrogens (tertiary/aromatic N) is 4. The van der Waals surface area contributed by atoms with E-state index in [1.165, 1.54) is 0 Å². The van der Waals surface area contributed by atoms with E-state index in [9.17, 15) is 19.2 Å². The first kappa shape index (κ1) is 37.7. The maximum Gasteiger partial charge on any atom is 0.329 e. The summed E-state index contributed by atoms with van der Waals surface area (Å²) in [5, 5.41) is 5.99. The lowest BCUT2D eigenvalue weighted by atomic mass is 9.75. The van der Waals surface area contributed by atoms with E-state index < -0.39 is 0 Å². The number of carbonyl (C=O) groups is 2. The second-order valence-electron chi connectivity index (χ2n) is 16.3. The van der Waals surface area contributed by atoms with Crippen LogP contribution < -0.4 is 26.8 Å². The Morgan fingerprint density at radius 1 is 0.907 bits per heavy atom. The smallest absolute Gasteiger partial charge is 0.329 e. The number of piperidine rings is 1. The molecule has 3 fully saturated rings. The number of imidazole rings is 1. The minimum Gasteiger partial charge on any atom is -0.369 e. The Balaban J connectivity index is 1.25. The highest BCUT2D eigenvalue weighted by Crippen LogP contribution is 2.57. The van der Waals surface area contributed by atoms with Crippen molar-refractivity contribution in [2.75, 3.05) is 38.6 Å². The minimum absolute atomic E-state index is 0.0000853. The summed E-state index contributed by atoms with van der Waals surface area (Å²) in [5.74, 6) is 0.351. The van der Waals surface area contributed by atoms with Crippen molar-refractivity contribution in [2.24, 2.45) is 18.4 Å². The molecule has 11 nitrogen and oxygen atoms in total. The normalized spacial score (nSPS) is 20.2. The number of H-pyrrole nitrogens is 1. The predicted octanol–water partition coefficient (Wildman–Crippen LogP) is 5.73. The van der Waals surface area contributed by atoms with Gasteiger partial charge >= 0.3 is 5.69 Å². The van der Waals surface area contributed by atoms with Gasteiger partial charge < -0.3 is 25.4 Å². The summed E-state index contributed by atoms with van der Waals surface area (Å²) >= 11 is 0. The molecule has 7 rings (SSSR count). The zero-order valence-corrected chi connectivity index (χ0v) is 33.1. The van der Waals surface area contributed by atoms with Crippen LogP contribution in [0, 0.1) is 32.1 Å². The zero-order valence-electron chi connectivity index (χ0n) is 33.1. The Kier molecular flexibility index (Phi) is 10.4. The molecule has 2 amide bonds. The Labute approximate surface area is 318 Å². The fraction of sp³-hybridized carbons (Fsp3) is 0.535. The number of pyridine rings is 1. The molecule has 2 saturated carbocycles. The summed E-state index contributed by atoms with van der Waals surface area (Å²) in [7, 11) is 5.72. The standard InChI is InChI=1S/C43H57N7O4/c1-8-49(32-12-10-31(11-13-32)43(17-18-43)41(53)44-5)37-24-30(22-34(28(37)4)39(51)45-25-35-26(2)21-27(3)46-40(35)52)29-9-14-36-38(23-29)48(7)42(54)50(36)33-15-19-47(6)20-16-33/h9,14,21-24,31-33H,8,10-13,15-20,25H2,1-7H3,(H,44,53)(H,45,51)(H,46,52). The first-order chi connectivity index (χ1) is 25.9. The third-order valence-corrected chi connectivity index (χ3v) is 13.1. The maximum absolute atomic E-state index is 14.2. The van der Waals surface area contributed by atoms with Crippen molar-refractivity contribution in [1.82, 2.24) is 29.7 Å². The highest BCUT2D eigenvalue weighted by Gasteiger charge is 2.55. The minimum atomic E-state index is -0.238. The van der Waals surface area contributed by atoms with Gasteiger partial charge in [-0.2, -0.15) is 0 Å². The number of benzene rings is 2. The van der Waals surface area contributed by atoms with Crippen LogP contribution in [0.1, 0.15) is 97.1 Å². The molecule has 3 N–H and O–H groups in total. The quantitative estimate of drug-likeness (QED) is 0.191. The lowest BCUT2D eigenvalue weighted by Crippen LogP contribution is -2.42. The fourth-order valence-electron chi connectivity index (χ4n) is 9.68. The number of anilines is 1. The number of nitrogens with one attached hydrogen (secondary N) is 3. The van der Waals surface area contributed by atoms with Gasteiger partial charge in [0.15, 0.2) is 0 Å². The van der Waals surface area contributed by atoms with Gasteiger partial charge in [-0.25, -0.2) is 4.79 Å². The number of carbonyl (C=O) groups excluding carboxylic acids is 2. The molecule has 3 heterocycles. The average molecular weight is 736 g/mol. The van der Waals surface area contributed by atoms with Crippen molar-refractivity contribution in [1.29, 1.82) is 0 Å². The van der Waals surface area contributed by atoms with Gasteiger partial charge in [0.2, 0.25) is 5.91 Å². The molecule has 0 bridgehead atoms. The van der Waals surface area contributed by atoms with Crippen LogP contribution in [0.25, 0.3) is 22.2 Å². The molecule has 0 unspecified atom stereocenters. The summed E-state index contributed by atoms with van der Waals surface area (Å²) in [5.41, 5.74) is 7.87. The highest BCUT2D eigenvalue weighted by molar-refractivity contribution is 5.99. The van der Waals surface area contributed by atoms with Gasteiger partial charge in [-0.05, 0) is 158 Å². The monoisotopic (exact) mass is 735 g/mol. The van der Waals surface area contributed by atoms with Crippen LogP contribution in [0.15, 0.2) is 46.0 Å². The van der Waals surface area contributed by atoms with Crippen molar-refractivity contribution in [3.05, 3.63) is 85.2 Å². The molecule has 0 radical (unpaired) electrons. The molecule has 3 aliphatic rings. The second kappa shape index (κ2) is 14.9. The number of hydrogen-bond donors (Lipinski definition) is 3. The van der Waals surface area contributed by atoms with E-state index in [4.69, 9.17) is 0 Å². The van der Waals surface area contributed by atoms with Crippen molar-refractivity contribution >= 4 is 28.5 Å². The molecule has 4 aromatic rings. The van der Waals surface area contributed by atoms with Crippen LogP contribution in [-0.4, -0.2) is 70.6 Å². The molecule has 1 aliphatic heterocycles. The van der Waals surface area contributed by atoms with E-state index in [2.05, 4.69) is 63.7 Å². The van der Waals surface area contributed by atoms with E-state index >= 15 is 0 Å². The molecule has 0 spiro atoms. The SMILES string of the molecule is CCN(c1cc(-c2ccc3c(c2)n(C)c(=O)n3C2CCN(C)CC2)cc(C(=O)NCc2c(C)cc(C)[nH]c2=O)c1C)C1CCC(C2(C(=O)NC)CC2)CC1. The van der Waals surface area contributed by atoms with Crippen LogP contribution in [0.2, 0.25) is 0 Å². The van der Waals surface area contributed by atoms with Crippen molar-refractivity contribution < 1.29 is 9.59 Å². The van der Waals surface area contributed by atoms with Gasteiger partial charge in [0.05, 0.1) is 16.4 Å². The predicted molar refractivity (Wildman–Crippen MR) is 215 cm³/mol. The lowest BCUT2D eigenvalue weighted by Gasteiger charge is -2.40. The van der Waals surface area contributed by atoms with E-state index in [-0.39, 0.29) is 47.1 Å². The van der Waals surface area contributed by atoms with Crippen LogP contribution in [0.5, 0.6) is 0 Å². The molecule has 2 aromatic heterocycles. The van der Waals surface area contributed by atoms with Crippen LogP contribution in [-0.2, 0) is 18.4 Å². The average Bonchev–Trinajstić information content (AvgIpc) is 3.94. The second-order valence-corrected chi connectivity index (χ2v) is 16.3. The molecule has 288 valence electrons. The molecule has 0 atom stereocenters. The Morgan fingerprint density at radius 3 is 2.24 bits per heavy atom. The van der Waals surface area contributed by atoms with Gasteiger partial charge in [-0.1, -0.05) is 6.07 Å². The summed E-state index contributed by atoms with van der Waals surface area (Å²) in [6.45, 7) is 10.7. The fourth-order valence-corrected chi connectivity index (χ4v) is 9.68. The first-order valence-corrected chi connectivity index (χ1v) is 19.9.